The summed E-state index contributed by atoms with van der Waals surface area (Å²) in [5, 5.41) is 0. The van der Waals surface area contributed by atoms with Gasteiger partial charge in [0, 0.05) is 5.88 Å². The van der Waals surface area contributed by atoms with Crippen molar-refractivity contribution in [3.63, 3.8) is 0 Å². The van der Waals surface area contributed by atoms with E-state index in [4.69, 9.17) is 11.6 Å². The molecule has 0 saturated heterocycles. The lowest BCUT2D eigenvalue weighted by atomic mass is 9.84. The van der Waals surface area contributed by atoms with Gasteiger partial charge in [-0.05, 0) is 49.3 Å². The number of rotatable bonds is 3. The van der Waals surface area contributed by atoms with Gasteiger partial charge in [-0.2, -0.15) is 0 Å². The molecule has 0 amide bonds. The van der Waals surface area contributed by atoms with Crippen molar-refractivity contribution < 1.29 is 0 Å². The lowest BCUT2D eigenvalue weighted by Crippen LogP contribution is -2.18. The van der Waals surface area contributed by atoms with Crippen LogP contribution in [0.4, 0.5) is 0 Å². The summed E-state index contributed by atoms with van der Waals surface area (Å²) in [7, 11) is 0. The zero-order chi connectivity index (χ0) is 11.6. The molecule has 15 heavy (non-hydrogen) atoms. The van der Waals surface area contributed by atoms with Gasteiger partial charge in [0.2, 0.25) is 0 Å². The maximum Gasteiger partial charge on any atom is 0.0277 e. The maximum absolute atomic E-state index is 5.98. The molecule has 0 radical (unpaired) electrons. The third-order valence-corrected chi connectivity index (χ3v) is 3.58. The minimum atomic E-state index is 0.187. The molecular weight excluding hydrogens is 204 g/mol. The van der Waals surface area contributed by atoms with E-state index < -0.39 is 0 Å². The molecule has 0 fully saturated rings. The molecule has 0 atom stereocenters. The fourth-order valence-corrected chi connectivity index (χ4v) is 2.11. The van der Waals surface area contributed by atoms with Gasteiger partial charge >= 0.3 is 0 Å². The van der Waals surface area contributed by atoms with Gasteiger partial charge in [0.05, 0.1) is 0 Å². The van der Waals surface area contributed by atoms with E-state index in [-0.39, 0.29) is 5.41 Å². The topological polar surface area (TPSA) is 0 Å². The van der Waals surface area contributed by atoms with Crippen LogP contribution in [0.1, 0.15) is 36.1 Å². The van der Waals surface area contributed by atoms with Gasteiger partial charge in [-0.1, -0.05) is 31.5 Å². The van der Waals surface area contributed by atoms with E-state index in [0.29, 0.717) is 5.88 Å². The zero-order valence-corrected chi connectivity index (χ0v) is 11.2. The minimum absolute atomic E-state index is 0.187. The predicted octanol–water partition coefficient (Wildman–Crippen LogP) is 4.42. The minimum Gasteiger partial charge on any atom is -0.126 e. The molecule has 0 saturated carbocycles. The number of alkyl halides is 1. The summed E-state index contributed by atoms with van der Waals surface area (Å²) in [5.41, 5.74) is 5.78. The molecule has 1 rings (SSSR count). The Morgan fingerprint density at radius 1 is 1.07 bits per heavy atom. The SMILES string of the molecule is Cc1cc(C)c(CC(C)(C)CCl)c(C)c1. The van der Waals surface area contributed by atoms with Crippen LogP contribution in [0.25, 0.3) is 0 Å². The van der Waals surface area contributed by atoms with Crippen LogP contribution in [0.3, 0.4) is 0 Å². The Hall–Kier alpha value is -0.490. The first-order valence-electron chi connectivity index (χ1n) is 5.48. The van der Waals surface area contributed by atoms with Crippen molar-refractivity contribution >= 4 is 11.6 Å². The molecule has 0 aromatic heterocycles. The van der Waals surface area contributed by atoms with Crippen LogP contribution in [-0.2, 0) is 6.42 Å². The maximum atomic E-state index is 5.98. The lowest BCUT2D eigenvalue weighted by Gasteiger charge is -2.24. The van der Waals surface area contributed by atoms with E-state index in [1.165, 1.54) is 22.3 Å². The van der Waals surface area contributed by atoms with Crippen molar-refractivity contribution in [3.8, 4) is 0 Å². The zero-order valence-electron chi connectivity index (χ0n) is 10.4. The normalized spacial score (nSPS) is 11.9. The molecule has 0 unspecified atom stereocenters. The Balaban J connectivity index is 3.05. The summed E-state index contributed by atoms with van der Waals surface area (Å²) < 4.78 is 0. The largest absolute Gasteiger partial charge is 0.126 e. The summed E-state index contributed by atoms with van der Waals surface area (Å²) in [6, 6.07) is 4.51. The molecule has 0 spiro atoms. The summed E-state index contributed by atoms with van der Waals surface area (Å²) in [6.07, 6.45) is 1.06. The first-order valence-corrected chi connectivity index (χ1v) is 6.02. The highest BCUT2D eigenvalue weighted by Gasteiger charge is 2.19. The molecule has 0 nitrogen and oxygen atoms in total. The van der Waals surface area contributed by atoms with E-state index in [2.05, 4.69) is 46.8 Å². The van der Waals surface area contributed by atoms with Gasteiger partial charge in [0.1, 0.15) is 0 Å². The van der Waals surface area contributed by atoms with Crippen LogP contribution < -0.4 is 0 Å². The fraction of sp³-hybridized carbons (Fsp3) is 0.571. The molecule has 0 N–H and O–H groups in total. The molecular formula is C14H21Cl. The van der Waals surface area contributed by atoms with Gasteiger partial charge in [-0.25, -0.2) is 0 Å². The molecule has 1 heteroatoms. The summed E-state index contributed by atoms with van der Waals surface area (Å²) >= 11 is 5.98. The van der Waals surface area contributed by atoms with E-state index in [9.17, 15) is 0 Å². The van der Waals surface area contributed by atoms with Crippen LogP contribution in [0, 0.1) is 26.2 Å². The molecule has 0 aliphatic rings. The van der Waals surface area contributed by atoms with Gasteiger partial charge < -0.3 is 0 Å². The molecule has 1 aromatic carbocycles. The average molecular weight is 225 g/mol. The molecule has 1 aromatic rings. The number of hydrogen-bond donors (Lipinski definition) is 0. The van der Waals surface area contributed by atoms with Crippen LogP contribution in [-0.4, -0.2) is 5.88 Å². The van der Waals surface area contributed by atoms with Crippen molar-refractivity contribution in [1.29, 1.82) is 0 Å². The van der Waals surface area contributed by atoms with Crippen molar-refractivity contribution in [1.82, 2.24) is 0 Å². The van der Waals surface area contributed by atoms with Crippen LogP contribution in [0.15, 0.2) is 12.1 Å². The number of hydrogen-bond acceptors (Lipinski definition) is 0. The van der Waals surface area contributed by atoms with Crippen molar-refractivity contribution in [3.05, 3.63) is 34.4 Å². The number of aryl methyl sites for hydroxylation is 3. The highest BCUT2D eigenvalue weighted by Crippen LogP contribution is 2.27. The predicted molar refractivity (Wildman–Crippen MR) is 68.9 cm³/mol. The Kier molecular flexibility index (Phi) is 3.83. The number of halogens is 1. The quantitative estimate of drug-likeness (QED) is 0.667. The lowest BCUT2D eigenvalue weighted by molar-refractivity contribution is 0.416. The second-order valence-electron chi connectivity index (χ2n) is 5.35. The third kappa shape index (κ3) is 3.24. The monoisotopic (exact) mass is 224 g/mol. The van der Waals surface area contributed by atoms with Crippen molar-refractivity contribution in [2.24, 2.45) is 5.41 Å². The standard InChI is InChI=1S/C14H21Cl/c1-10-6-11(2)13(12(3)7-10)8-14(4,5)9-15/h6-7H,8-9H2,1-5H3. The second kappa shape index (κ2) is 4.57. The van der Waals surface area contributed by atoms with E-state index in [1.54, 1.807) is 0 Å². The first kappa shape index (κ1) is 12.6. The Labute approximate surface area is 98.7 Å². The fourth-order valence-electron chi connectivity index (χ4n) is 2.01. The molecule has 0 aliphatic heterocycles. The van der Waals surface area contributed by atoms with Gasteiger partial charge in [-0.3, -0.25) is 0 Å². The van der Waals surface area contributed by atoms with Gasteiger partial charge in [-0.15, -0.1) is 11.6 Å². The first-order chi connectivity index (χ1) is 6.85. The van der Waals surface area contributed by atoms with Gasteiger partial charge in [0.25, 0.3) is 0 Å². The van der Waals surface area contributed by atoms with Crippen LogP contribution in [0.2, 0.25) is 0 Å². The Bertz CT molecular complexity index is 327. The number of benzene rings is 1. The Morgan fingerprint density at radius 3 is 1.93 bits per heavy atom. The van der Waals surface area contributed by atoms with E-state index >= 15 is 0 Å². The van der Waals surface area contributed by atoms with Gasteiger partial charge in [0.15, 0.2) is 0 Å². The Morgan fingerprint density at radius 2 is 1.53 bits per heavy atom. The summed E-state index contributed by atoms with van der Waals surface area (Å²) in [5.74, 6) is 0.708. The van der Waals surface area contributed by atoms with Crippen LogP contribution >= 0.6 is 11.6 Å². The molecule has 84 valence electrons. The third-order valence-electron chi connectivity index (χ3n) is 2.86. The summed E-state index contributed by atoms with van der Waals surface area (Å²) in [6.45, 7) is 11.0. The second-order valence-corrected chi connectivity index (χ2v) is 5.62. The van der Waals surface area contributed by atoms with Crippen molar-refractivity contribution in [2.75, 3.05) is 5.88 Å². The highest BCUT2D eigenvalue weighted by atomic mass is 35.5. The van der Waals surface area contributed by atoms with Crippen molar-refractivity contribution in [2.45, 2.75) is 41.0 Å². The average Bonchev–Trinajstić information content (AvgIpc) is 2.11. The smallest absolute Gasteiger partial charge is 0.0277 e. The van der Waals surface area contributed by atoms with Crippen LogP contribution in [0.5, 0.6) is 0 Å². The van der Waals surface area contributed by atoms with E-state index in [1.807, 2.05) is 0 Å². The molecule has 0 bridgehead atoms. The summed E-state index contributed by atoms with van der Waals surface area (Å²) in [4.78, 5) is 0. The molecule has 0 heterocycles. The highest BCUT2D eigenvalue weighted by molar-refractivity contribution is 6.18. The molecule has 0 aliphatic carbocycles. The van der Waals surface area contributed by atoms with E-state index in [0.717, 1.165) is 6.42 Å².